The number of rotatable bonds is 0. The Morgan fingerprint density at radius 2 is 0.900 bits per heavy atom. The molecule has 0 radical (unpaired) electrons. The van der Waals surface area contributed by atoms with Gasteiger partial charge in [-0.15, -0.1) is 0 Å². The first kappa shape index (κ1) is 31.7. The van der Waals surface area contributed by atoms with Crippen molar-refractivity contribution in [2.45, 2.75) is 0 Å². The Balaban J connectivity index is -0.0000000208. The Morgan fingerprint density at radius 1 is 0.800 bits per heavy atom. The van der Waals surface area contributed by atoms with E-state index < -0.39 is 11.9 Å². The Hall–Kier alpha value is 0.289. The van der Waals surface area contributed by atoms with Crippen molar-refractivity contribution in [3.8, 4) is 0 Å². The van der Waals surface area contributed by atoms with Gasteiger partial charge in [0.25, 0.3) is 0 Å². The van der Waals surface area contributed by atoms with Crippen LogP contribution in [0.2, 0.25) is 0 Å². The van der Waals surface area contributed by atoms with Gasteiger partial charge in [0.05, 0.1) is 11.9 Å². The number of hydrogen-bond donors (Lipinski definition) is 2. The van der Waals surface area contributed by atoms with Crippen LogP contribution < -0.4 is 22.5 Å². The third kappa shape index (κ3) is 23.9. The Kier molecular flexibility index (Phi) is 51.2. The predicted molar refractivity (Wildman–Crippen MR) is 20.1 cm³/mol. The SMILES string of the molecule is N.N.O=C([O-])C(=O)[O-].[Ti].[Ti]. The summed E-state index contributed by atoms with van der Waals surface area (Å²) in [6.07, 6.45) is 0. The molecule has 0 saturated heterocycles. The molecule has 0 amide bonds. The molecule has 0 atom stereocenters. The van der Waals surface area contributed by atoms with Gasteiger partial charge in [-0.1, -0.05) is 0 Å². The maximum atomic E-state index is 8.93. The second-order valence-electron chi connectivity index (χ2n) is 0.575. The largest absolute Gasteiger partial charge is 0.543 e. The fourth-order valence-corrected chi connectivity index (χ4v) is 0. The van der Waals surface area contributed by atoms with Crippen LogP contribution in [0.1, 0.15) is 0 Å². The Bertz CT molecular complexity index is 85.3. The maximum absolute atomic E-state index is 8.93. The third-order valence-corrected chi connectivity index (χ3v) is 0.167. The quantitative estimate of drug-likeness (QED) is 0.322. The van der Waals surface area contributed by atoms with Crippen molar-refractivity contribution in [1.82, 2.24) is 12.3 Å². The smallest absolute Gasteiger partial charge is 0.0870 e. The maximum Gasteiger partial charge on any atom is 0.0870 e. The van der Waals surface area contributed by atoms with Crippen LogP contribution >= 0.6 is 0 Å². The normalized spacial score (nSPS) is 4.40. The molecule has 0 aromatic carbocycles. The van der Waals surface area contributed by atoms with Crippen LogP contribution in [0.5, 0.6) is 0 Å². The molecule has 0 heterocycles. The summed E-state index contributed by atoms with van der Waals surface area (Å²) in [6.45, 7) is 0. The topological polar surface area (TPSA) is 150 Å². The molecule has 0 fully saturated rings. The van der Waals surface area contributed by atoms with Crippen LogP contribution in [-0.4, -0.2) is 11.9 Å². The van der Waals surface area contributed by atoms with Gasteiger partial charge in [-0.25, -0.2) is 0 Å². The van der Waals surface area contributed by atoms with Gasteiger partial charge in [-0.2, -0.15) is 0 Å². The molecule has 0 aliphatic carbocycles. The second kappa shape index (κ2) is 16.1. The van der Waals surface area contributed by atoms with E-state index >= 15 is 0 Å². The first-order valence-electron chi connectivity index (χ1n) is 1.07. The molecule has 0 saturated carbocycles. The van der Waals surface area contributed by atoms with Gasteiger partial charge < -0.3 is 32.1 Å². The number of carbonyl (C=O) groups excluding carboxylic acids is 2. The average Bonchev–Trinajstić information content (AvgIpc) is 1.36. The minimum Gasteiger partial charge on any atom is -0.543 e. The molecular weight excluding hydrogens is 212 g/mol. The van der Waals surface area contributed by atoms with E-state index in [-0.39, 0.29) is 55.7 Å². The Morgan fingerprint density at radius 3 is 0.900 bits per heavy atom. The van der Waals surface area contributed by atoms with Gasteiger partial charge in [0.15, 0.2) is 0 Å². The molecule has 0 spiro atoms. The van der Waals surface area contributed by atoms with Crippen LogP contribution in [0.4, 0.5) is 0 Å². The summed E-state index contributed by atoms with van der Waals surface area (Å²) in [5, 5.41) is 17.9. The number of carboxylic acids is 2. The van der Waals surface area contributed by atoms with Gasteiger partial charge in [-0.05, 0) is 0 Å². The van der Waals surface area contributed by atoms with Crippen molar-refractivity contribution in [2.24, 2.45) is 0 Å². The molecule has 0 aromatic heterocycles. The molecule has 0 aliphatic rings. The summed E-state index contributed by atoms with van der Waals surface area (Å²) in [7, 11) is 0. The summed E-state index contributed by atoms with van der Waals surface area (Å²) in [6, 6.07) is 0. The monoisotopic (exact) mass is 218 g/mol. The third-order valence-electron chi connectivity index (χ3n) is 0.167. The zero-order valence-corrected chi connectivity index (χ0v) is 8.17. The van der Waals surface area contributed by atoms with Crippen LogP contribution in [0.25, 0.3) is 0 Å². The first-order chi connectivity index (χ1) is 2.64. The van der Waals surface area contributed by atoms with Gasteiger partial charge in [0.2, 0.25) is 0 Å². The molecule has 58 valence electrons. The van der Waals surface area contributed by atoms with Crippen molar-refractivity contribution in [3.63, 3.8) is 0 Å². The van der Waals surface area contributed by atoms with Crippen molar-refractivity contribution < 1.29 is 63.2 Å². The van der Waals surface area contributed by atoms with Crippen LogP contribution in [0, 0.1) is 0 Å². The van der Waals surface area contributed by atoms with Crippen LogP contribution in [0.3, 0.4) is 0 Å². The van der Waals surface area contributed by atoms with E-state index in [1.165, 1.54) is 0 Å². The molecule has 6 N–H and O–H groups in total. The molecule has 0 rings (SSSR count). The van der Waals surface area contributed by atoms with E-state index in [4.69, 9.17) is 19.8 Å². The average molecular weight is 218 g/mol. The minimum atomic E-state index is -2.19. The number of carboxylic acid groups (broad SMARTS) is 2. The molecule has 0 aromatic rings. The fourth-order valence-electron chi connectivity index (χ4n) is 0. The second-order valence-corrected chi connectivity index (χ2v) is 0.575. The summed E-state index contributed by atoms with van der Waals surface area (Å²) < 4.78 is 0. The number of carbonyl (C=O) groups is 2. The predicted octanol–water partition coefficient (Wildman–Crippen LogP) is -3.19. The standard InChI is InChI=1S/C2H2O4.2H3N.2Ti/c3-1(4)2(5)6;;;;/h(H,3,4)(H,5,6);2*1H3;;/p-2. The van der Waals surface area contributed by atoms with Crippen LogP contribution in [-0.2, 0) is 53.0 Å². The Labute approximate surface area is 87.3 Å². The molecule has 0 aliphatic heterocycles. The summed E-state index contributed by atoms with van der Waals surface area (Å²) in [5.74, 6) is -4.37. The molecular formula is C2H6N2O4Ti2-2. The summed E-state index contributed by atoms with van der Waals surface area (Å²) in [5.41, 5.74) is 0. The van der Waals surface area contributed by atoms with Crippen LogP contribution in [0.15, 0.2) is 0 Å². The van der Waals surface area contributed by atoms with Crippen molar-refractivity contribution in [3.05, 3.63) is 0 Å². The molecule has 10 heavy (non-hydrogen) atoms. The van der Waals surface area contributed by atoms with Gasteiger partial charge in [-0.3, -0.25) is 0 Å². The van der Waals surface area contributed by atoms with Gasteiger partial charge >= 0.3 is 0 Å². The summed E-state index contributed by atoms with van der Waals surface area (Å²) >= 11 is 0. The van der Waals surface area contributed by atoms with E-state index in [0.717, 1.165) is 0 Å². The molecule has 0 unspecified atom stereocenters. The first-order valence-corrected chi connectivity index (χ1v) is 1.07. The van der Waals surface area contributed by atoms with E-state index in [2.05, 4.69) is 0 Å². The zero-order valence-electron chi connectivity index (χ0n) is 5.05. The fraction of sp³-hybridized carbons (Fsp3) is 0. The van der Waals surface area contributed by atoms with E-state index in [9.17, 15) is 0 Å². The van der Waals surface area contributed by atoms with E-state index in [1.54, 1.807) is 0 Å². The zero-order chi connectivity index (χ0) is 5.15. The molecule has 6 nitrogen and oxygen atoms in total. The van der Waals surface area contributed by atoms with Crippen molar-refractivity contribution >= 4 is 11.9 Å². The number of hydrogen-bond acceptors (Lipinski definition) is 6. The van der Waals surface area contributed by atoms with E-state index in [1.807, 2.05) is 0 Å². The molecule has 8 heteroatoms. The van der Waals surface area contributed by atoms with E-state index in [0.29, 0.717) is 0 Å². The summed E-state index contributed by atoms with van der Waals surface area (Å²) in [4.78, 5) is 17.9. The van der Waals surface area contributed by atoms with Gasteiger partial charge in [0.1, 0.15) is 0 Å². The van der Waals surface area contributed by atoms with Gasteiger partial charge in [0, 0.05) is 43.4 Å². The van der Waals surface area contributed by atoms with Crippen molar-refractivity contribution in [2.75, 3.05) is 0 Å². The minimum absolute atomic E-state index is 0. The molecule has 0 bridgehead atoms. The van der Waals surface area contributed by atoms with Crippen molar-refractivity contribution in [1.29, 1.82) is 0 Å². The number of aliphatic carboxylic acids is 2.